The Morgan fingerprint density at radius 2 is 1.94 bits per heavy atom. The zero-order valence-electron chi connectivity index (χ0n) is 18.9. The van der Waals surface area contributed by atoms with Crippen molar-refractivity contribution in [3.8, 4) is 17.0 Å². The third kappa shape index (κ3) is 4.04. The summed E-state index contributed by atoms with van der Waals surface area (Å²) in [5.74, 6) is -0.205. The summed E-state index contributed by atoms with van der Waals surface area (Å²) in [6.45, 7) is 5.42. The standard InChI is InChI=1S/C24H24N4O4S/c1-5-19(29)27-17-10-8-7-9-15(17)21-22(31)25-24(33-4)26-28(21)23(27)16-13-14(3)11-12-18(16)32-20(30)6-2/h7-13,23H,5-6H2,1-4H3/p+1. The number of H-pyrrole nitrogens is 1. The monoisotopic (exact) mass is 465 g/mol. The Kier molecular flexibility index (Phi) is 6.33. The number of nitrogens with zero attached hydrogens (tertiary/aromatic N) is 3. The van der Waals surface area contributed by atoms with Gasteiger partial charge in [-0.2, -0.15) is 0 Å². The van der Waals surface area contributed by atoms with Gasteiger partial charge >= 0.3 is 17.2 Å². The number of para-hydroxylation sites is 1. The predicted octanol–water partition coefficient (Wildman–Crippen LogP) is 3.37. The van der Waals surface area contributed by atoms with E-state index < -0.39 is 12.1 Å². The van der Waals surface area contributed by atoms with Crippen LogP contribution in [0, 0.1) is 6.92 Å². The van der Waals surface area contributed by atoms with Crippen LogP contribution in [0.5, 0.6) is 5.75 Å². The summed E-state index contributed by atoms with van der Waals surface area (Å²) < 4.78 is 7.21. The second kappa shape index (κ2) is 9.19. The fraction of sp³-hybridized carbons (Fsp3) is 0.292. The van der Waals surface area contributed by atoms with Crippen LogP contribution in [0.25, 0.3) is 11.3 Å². The number of aryl methyl sites for hydroxylation is 1. The molecule has 0 bridgehead atoms. The van der Waals surface area contributed by atoms with E-state index in [4.69, 9.17) is 4.74 Å². The number of aromatic nitrogens is 3. The van der Waals surface area contributed by atoms with Crippen LogP contribution in [0.1, 0.15) is 44.0 Å². The highest BCUT2D eigenvalue weighted by molar-refractivity contribution is 7.98. The minimum absolute atomic E-state index is 0.146. The van der Waals surface area contributed by atoms with Gasteiger partial charge in [-0.05, 0) is 42.1 Å². The Morgan fingerprint density at radius 1 is 1.18 bits per heavy atom. The summed E-state index contributed by atoms with van der Waals surface area (Å²) in [6, 6.07) is 12.7. The number of fused-ring (bicyclic) bond motifs is 3. The largest absolute Gasteiger partial charge is 0.426 e. The molecule has 1 aliphatic rings. The normalized spacial score (nSPS) is 14.4. The maximum atomic E-state index is 13.3. The van der Waals surface area contributed by atoms with Crippen molar-refractivity contribution >= 4 is 29.3 Å². The molecule has 1 atom stereocenters. The van der Waals surface area contributed by atoms with Crippen LogP contribution < -0.4 is 19.9 Å². The van der Waals surface area contributed by atoms with E-state index in [1.807, 2.05) is 43.5 Å². The average Bonchev–Trinajstić information content (AvgIpc) is 2.83. The second-order valence-electron chi connectivity index (χ2n) is 7.63. The number of hydrogen-bond donors (Lipinski definition) is 1. The first-order valence-corrected chi connectivity index (χ1v) is 11.9. The summed E-state index contributed by atoms with van der Waals surface area (Å²) in [6.07, 6.45) is 1.45. The molecule has 170 valence electrons. The molecule has 0 spiro atoms. The van der Waals surface area contributed by atoms with Crippen molar-refractivity contribution in [3.63, 3.8) is 0 Å². The van der Waals surface area contributed by atoms with Gasteiger partial charge in [0.15, 0.2) is 0 Å². The fourth-order valence-corrected chi connectivity index (χ4v) is 4.31. The van der Waals surface area contributed by atoms with Gasteiger partial charge in [0, 0.05) is 17.9 Å². The first kappa shape index (κ1) is 22.7. The number of hydrogen-bond acceptors (Lipinski definition) is 6. The van der Waals surface area contributed by atoms with Crippen LogP contribution in [-0.4, -0.2) is 28.2 Å². The molecule has 33 heavy (non-hydrogen) atoms. The molecule has 2 aromatic carbocycles. The van der Waals surface area contributed by atoms with Crippen LogP contribution in [0.4, 0.5) is 5.69 Å². The van der Waals surface area contributed by atoms with Crippen molar-refractivity contribution in [3.05, 3.63) is 63.9 Å². The van der Waals surface area contributed by atoms with Crippen LogP contribution in [0.15, 0.2) is 52.4 Å². The van der Waals surface area contributed by atoms with E-state index in [-0.39, 0.29) is 24.3 Å². The van der Waals surface area contributed by atoms with Crippen LogP contribution in [-0.2, 0) is 9.59 Å². The highest BCUT2D eigenvalue weighted by Crippen LogP contribution is 2.40. The lowest BCUT2D eigenvalue weighted by Crippen LogP contribution is -2.61. The van der Waals surface area contributed by atoms with Gasteiger partial charge in [0.05, 0.1) is 16.8 Å². The summed E-state index contributed by atoms with van der Waals surface area (Å²) in [4.78, 5) is 43.1. The molecular weight excluding hydrogens is 440 g/mol. The molecule has 1 unspecified atom stereocenters. The maximum absolute atomic E-state index is 13.3. The van der Waals surface area contributed by atoms with Gasteiger partial charge in [-0.1, -0.05) is 49.4 Å². The lowest BCUT2D eigenvalue weighted by molar-refractivity contribution is -0.763. The molecule has 1 aromatic heterocycles. The third-order valence-corrected chi connectivity index (χ3v) is 6.05. The minimum atomic E-state index is -0.810. The summed E-state index contributed by atoms with van der Waals surface area (Å²) in [7, 11) is 0. The predicted molar refractivity (Wildman–Crippen MR) is 125 cm³/mol. The molecule has 1 N–H and O–H groups in total. The molecule has 0 aliphatic carbocycles. The topological polar surface area (TPSA) is 96.2 Å². The number of ether oxygens (including phenoxy) is 1. The van der Waals surface area contributed by atoms with Gasteiger partial charge in [0.25, 0.3) is 6.17 Å². The number of nitrogens with one attached hydrogen (secondary N) is 1. The quantitative estimate of drug-likeness (QED) is 0.269. The Bertz CT molecular complexity index is 1300. The van der Waals surface area contributed by atoms with Gasteiger partial charge in [-0.3, -0.25) is 19.4 Å². The van der Waals surface area contributed by atoms with E-state index in [0.717, 1.165) is 5.56 Å². The molecule has 0 saturated heterocycles. The molecule has 4 rings (SSSR count). The van der Waals surface area contributed by atoms with Crippen molar-refractivity contribution in [1.82, 2.24) is 10.1 Å². The Morgan fingerprint density at radius 3 is 2.64 bits per heavy atom. The first-order valence-electron chi connectivity index (χ1n) is 10.7. The smallest absolute Gasteiger partial charge is 0.325 e. The van der Waals surface area contributed by atoms with Crippen molar-refractivity contribution in [2.45, 2.75) is 44.9 Å². The van der Waals surface area contributed by atoms with E-state index in [1.165, 1.54) is 11.8 Å². The highest BCUT2D eigenvalue weighted by Gasteiger charge is 2.46. The molecule has 0 fully saturated rings. The van der Waals surface area contributed by atoms with E-state index in [1.54, 1.807) is 35.6 Å². The third-order valence-electron chi connectivity index (χ3n) is 5.48. The number of esters is 1. The molecule has 3 aromatic rings. The molecule has 9 heteroatoms. The lowest BCUT2D eigenvalue weighted by Gasteiger charge is -2.32. The molecule has 8 nitrogen and oxygen atoms in total. The first-order chi connectivity index (χ1) is 15.9. The van der Waals surface area contributed by atoms with E-state index in [0.29, 0.717) is 33.4 Å². The number of thioether (sulfide) groups is 1. The van der Waals surface area contributed by atoms with Gasteiger partial charge < -0.3 is 4.74 Å². The number of carbonyl (C=O) groups is 2. The number of aromatic amines is 1. The van der Waals surface area contributed by atoms with E-state index >= 15 is 0 Å². The molecule has 0 saturated carbocycles. The molecule has 1 amide bonds. The maximum Gasteiger partial charge on any atom is 0.325 e. The molecule has 1 aliphatic heterocycles. The number of benzene rings is 2. The Labute approximate surface area is 195 Å². The average molecular weight is 466 g/mol. The van der Waals surface area contributed by atoms with Crippen molar-refractivity contribution < 1.29 is 19.0 Å². The van der Waals surface area contributed by atoms with Crippen LogP contribution in [0.2, 0.25) is 0 Å². The van der Waals surface area contributed by atoms with Crippen LogP contribution >= 0.6 is 11.8 Å². The number of amides is 1. The SMILES string of the molecule is CCC(=O)Oc1ccc(C)cc1C1N(C(=O)CC)c2ccccc2-c2c(=O)[nH]c(SC)n[n+]21. The molecule has 0 radical (unpaired) electrons. The van der Waals surface area contributed by atoms with E-state index in [9.17, 15) is 14.4 Å². The summed E-state index contributed by atoms with van der Waals surface area (Å²) in [5, 5.41) is 5.09. The van der Waals surface area contributed by atoms with Crippen molar-refractivity contribution in [2.24, 2.45) is 0 Å². The summed E-state index contributed by atoms with van der Waals surface area (Å²) >= 11 is 1.30. The van der Waals surface area contributed by atoms with Crippen LogP contribution in [0.3, 0.4) is 0 Å². The zero-order chi connectivity index (χ0) is 23.7. The highest BCUT2D eigenvalue weighted by atomic mass is 32.2. The number of rotatable bonds is 5. The second-order valence-corrected chi connectivity index (χ2v) is 8.43. The minimum Gasteiger partial charge on any atom is -0.426 e. The van der Waals surface area contributed by atoms with Gasteiger partial charge in [0.1, 0.15) is 5.75 Å². The van der Waals surface area contributed by atoms with Crippen molar-refractivity contribution in [2.75, 3.05) is 11.2 Å². The zero-order valence-corrected chi connectivity index (χ0v) is 19.7. The van der Waals surface area contributed by atoms with Gasteiger partial charge in [0.2, 0.25) is 11.1 Å². The van der Waals surface area contributed by atoms with E-state index in [2.05, 4.69) is 10.1 Å². The van der Waals surface area contributed by atoms with Gasteiger partial charge in [-0.15, -0.1) is 0 Å². The number of anilines is 1. The Hall–Kier alpha value is -3.46. The van der Waals surface area contributed by atoms with Crippen molar-refractivity contribution in [1.29, 1.82) is 0 Å². The fourth-order valence-electron chi connectivity index (χ4n) is 3.94. The van der Waals surface area contributed by atoms with Gasteiger partial charge in [-0.25, -0.2) is 4.90 Å². The lowest BCUT2D eigenvalue weighted by atomic mass is 9.99. The number of carbonyl (C=O) groups excluding carboxylic acids is 2. The Balaban J connectivity index is 2.09. The molecule has 2 heterocycles. The summed E-state index contributed by atoms with van der Waals surface area (Å²) in [5.41, 5.74) is 2.73. The molecular formula is C24H25N4O4S+.